The Labute approximate surface area is 293 Å². The fourth-order valence-corrected chi connectivity index (χ4v) is 6.75. The van der Waals surface area contributed by atoms with Gasteiger partial charge in [0, 0.05) is 22.2 Å². The van der Waals surface area contributed by atoms with Crippen molar-refractivity contribution < 1.29 is 14.7 Å². The zero-order valence-electron chi connectivity index (χ0n) is 27.1. The number of hydrogen-bond donors (Lipinski definition) is 3. The molecular weight excluding hydrogens is 645 g/mol. The predicted molar refractivity (Wildman–Crippen MR) is 195 cm³/mol. The van der Waals surface area contributed by atoms with E-state index in [1.807, 2.05) is 54.6 Å². The van der Waals surface area contributed by atoms with Crippen molar-refractivity contribution in [1.29, 1.82) is 10.5 Å². The van der Waals surface area contributed by atoms with Gasteiger partial charge in [-0.2, -0.15) is 10.5 Å². The van der Waals surface area contributed by atoms with Crippen molar-refractivity contribution >= 4 is 46.0 Å². The molecule has 2 aromatic heterocycles. The molecule has 0 aliphatic rings. The summed E-state index contributed by atoms with van der Waals surface area (Å²) in [6, 6.07) is 36.6. The van der Waals surface area contributed by atoms with E-state index in [1.54, 1.807) is 48.5 Å². The van der Waals surface area contributed by atoms with Gasteiger partial charge in [-0.15, -0.1) is 0 Å². The molecule has 9 nitrogen and oxygen atoms in total. The topological polar surface area (TPSA) is 166 Å². The fraction of sp³-hybridized carbons (Fsp3) is 0.100. The van der Waals surface area contributed by atoms with Crippen LogP contribution in [-0.4, -0.2) is 27.0 Å². The lowest BCUT2D eigenvalue weighted by Gasteiger charge is -2.19. The number of pyridine rings is 2. The zero-order valence-corrected chi connectivity index (χ0v) is 27.9. The summed E-state index contributed by atoms with van der Waals surface area (Å²) in [5, 5.41) is 33.1. The molecule has 1 unspecified atom stereocenters. The Morgan fingerprint density at radius 3 is 2.08 bits per heavy atom. The number of aromatic carboxylic acids is 1. The van der Waals surface area contributed by atoms with E-state index in [0.29, 0.717) is 50.5 Å². The summed E-state index contributed by atoms with van der Waals surface area (Å²) in [6.07, 6.45) is 0. The number of thioether (sulfide) groups is 1. The monoisotopic (exact) mass is 674 g/mol. The summed E-state index contributed by atoms with van der Waals surface area (Å²) in [4.78, 5) is 35.1. The summed E-state index contributed by atoms with van der Waals surface area (Å²) in [5.74, 6) is -1.16. The number of nitrogens with zero attached hydrogens (tertiary/aromatic N) is 4. The molecule has 1 atom stereocenters. The lowest BCUT2D eigenvalue weighted by Crippen LogP contribution is -2.19. The molecule has 4 N–H and O–H groups in total. The van der Waals surface area contributed by atoms with Crippen molar-refractivity contribution in [2.45, 2.75) is 30.0 Å². The van der Waals surface area contributed by atoms with E-state index in [4.69, 9.17) is 5.73 Å². The van der Waals surface area contributed by atoms with Crippen LogP contribution >= 0.6 is 11.8 Å². The highest BCUT2D eigenvalue weighted by Gasteiger charge is 2.28. The molecule has 2 heterocycles. The van der Waals surface area contributed by atoms with Crippen LogP contribution in [0.3, 0.4) is 0 Å². The van der Waals surface area contributed by atoms with Gasteiger partial charge in [0.05, 0.1) is 22.3 Å². The first-order valence-corrected chi connectivity index (χ1v) is 16.6. The number of nitriles is 2. The number of nitrogens with one attached hydrogen (secondary N) is 1. The second kappa shape index (κ2) is 14.3. The summed E-state index contributed by atoms with van der Waals surface area (Å²) in [7, 11) is 0. The number of amides is 1. The average molecular weight is 675 g/mol. The van der Waals surface area contributed by atoms with Gasteiger partial charge in [0.2, 0.25) is 5.91 Å². The molecule has 244 valence electrons. The molecular formula is C40H30N6O3S. The number of aromatic nitrogens is 2. The van der Waals surface area contributed by atoms with Gasteiger partial charge in [0.25, 0.3) is 0 Å². The minimum atomic E-state index is -1.05. The SMILES string of the molecule is CC(C)c1ccc(-c2c(C#N)c(N)nc(SC(C(=O)Nc3ccc(-c4cc(C(=O)O)c5ccccc5n4)cc3)c3ccccc3)c2C#N)cc1. The number of fused-ring (bicyclic) bond motifs is 1. The molecule has 0 aliphatic heterocycles. The molecule has 4 aromatic carbocycles. The zero-order chi connectivity index (χ0) is 35.4. The second-order valence-electron chi connectivity index (χ2n) is 11.8. The number of rotatable bonds is 9. The third-order valence-electron chi connectivity index (χ3n) is 8.25. The number of nitrogen functional groups attached to an aromatic ring is 1. The first-order chi connectivity index (χ1) is 24.2. The quantitative estimate of drug-likeness (QED) is 0.127. The van der Waals surface area contributed by atoms with Crippen LogP contribution in [0.2, 0.25) is 0 Å². The second-order valence-corrected chi connectivity index (χ2v) is 12.9. The predicted octanol–water partition coefficient (Wildman–Crippen LogP) is 8.58. The molecule has 0 saturated carbocycles. The molecule has 0 aliphatic carbocycles. The smallest absolute Gasteiger partial charge is 0.336 e. The maximum atomic E-state index is 14.0. The number of carbonyl (C=O) groups is 2. The fourth-order valence-electron chi connectivity index (χ4n) is 5.65. The highest BCUT2D eigenvalue weighted by atomic mass is 32.2. The van der Waals surface area contributed by atoms with Crippen LogP contribution in [0.15, 0.2) is 114 Å². The number of carbonyl (C=O) groups excluding carboxylic acids is 1. The Bertz CT molecular complexity index is 2330. The molecule has 0 fully saturated rings. The number of hydrogen-bond acceptors (Lipinski definition) is 8. The maximum absolute atomic E-state index is 14.0. The van der Waals surface area contributed by atoms with Crippen LogP contribution < -0.4 is 11.1 Å². The van der Waals surface area contributed by atoms with Gasteiger partial charge < -0.3 is 16.2 Å². The summed E-state index contributed by atoms with van der Waals surface area (Å²) in [6.45, 7) is 4.16. The van der Waals surface area contributed by atoms with Gasteiger partial charge >= 0.3 is 5.97 Å². The van der Waals surface area contributed by atoms with Gasteiger partial charge in [0.1, 0.15) is 33.8 Å². The van der Waals surface area contributed by atoms with Crippen molar-refractivity contribution in [3.8, 4) is 34.5 Å². The Hall–Kier alpha value is -6.49. The molecule has 0 radical (unpaired) electrons. The minimum absolute atomic E-state index is 0.0342. The van der Waals surface area contributed by atoms with E-state index in [2.05, 4.69) is 41.3 Å². The van der Waals surface area contributed by atoms with Gasteiger partial charge in [-0.25, -0.2) is 14.8 Å². The molecule has 1 amide bonds. The van der Waals surface area contributed by atoms with Crippen LogP contribution in [0.5, 0.6) is 0 Å². The number of para-hydroxylation sites is 1. The average Bonchev–Trinajstić information content (AvgIpc) is 3.13. The van der Waals surface area contributed by atoms with Crippen molar-refractivity contribution in [3.63, 3.8) is 0 Å². The molecule has 0 bridgehead atoms. The van der Waals surface area contributed by atoms with E-state index in [9.17, 15) is 25.2 Å². The highest BCUT2D eigenvalue weighted by molar-refractivity contribution is 8.00. The molecule has 10 heteroatoms. The van der Waals surface area contributed by atoms with Crippen LogP contribution in [-0.2, 0) is 4.79 Å². The van der Waals surface area contributed by atoms with E-state index in [-0.39, 0.29) is 33.4 Å². The Balaban J connectivity index is 1.33. The van der Waals surface area contributed by atoms with E-state index >= 15 is 0 Å². The molecule has 0 saturated heterocycles. The Morgan fingerprint density at radius 1 is 0.800 bits per heavy atom. The standard InChI is InChI=1S/C40H30N6O3S/c1-23(2)24-12-14-26(15-13-24)35-31(21-41)37(43)46-39(32(35)22-42)50-36(27-8-4-3-5-9-27)38(47)44-28-18-16-25(17-19-28)34-20-30(40(48)49)29-10-6-7-11-33(29)45-34/h3-20,23,36H,1-2H3,(H2,43,46)(H,44,47)(H,48,49). The first kappa shape index (κ1) is 33.4. The first-order valence-electron chi connectivity index (χ1n) is 15.7. The summed E-state index contributed by atoms with van der Waals surface area (Å²) >= 11 is 1.08. The lowest BCUT2D eigenvalue weighted by atomic mass is 9.94. The molecule has 6 rings (SSSR count). The van der Waals surface area contributed by atoms with Crippen LogP contribution in [0, 0.1) is 22.7 Å². The largest absolute Gasteiger partial charge is 0.478 e. The number of nitrogens with two attached hydrogens (primary N) is 1. The number of carboxylic acids is 1. The lowest BCUT2D eigenvalue weighted by molar-refractivity contribution is -0.115. The molecule has 0 spiro atoms. The minimum Gasteiger partial charge on any atom is -0.478 e. The summed E-state index contributed by atoms with van der Waals surface area (Å²) in [5.41, 5.74) is 11.7. The van der Waals surface area contributed by atoms with Crippen LogP contribution in [0.4, 0.5) is 11.5 Å². The normalized spacial score (nSPS) is 11.5. The van der Waals surface area contributed by atoms with E-state index < -0.39 is 11.2 Å². The Kier molecular flexibility index (Phi) is 9.57. The molecule has 50 heavy (non-hydrogen) atoms. The number of benzene rings is 4. The van der Waals surface area contributed by atoms with Gasteiger partial charge in [0.15, 0.2) is 0 Å². The van der Waals surface area contributed by atoms with Crippen LogP contribution in [0.1, 0.15) is 57.6 Å². The van der Waals surface area contributed by atoms with Crippen molar-refractivity contribution in [2.75, 3.05) is 11.1 Å². The Morgan fingerprint density at radius 2 is 1.44 bits per heavy atom. The van der Waals surface area contributed by atoms with Crippen molar-refractivity contribution in [1.82, 2.24) is 9.97 Å². The van der Waals surface area contributed by atoms with Gasteiger partial charge in [-0.05, 0) is 46.9 Å². The van der Waals surface area contributed by atoms with Gasteiger partial charge in [-0.1, -0.05) is 111 Å². The van der Waals surface area contributed by atoms with Crippen LogP contribution in [0.25, 0.3) is 33.3 Å². The van der Waals surface area contributed by atoms with E-state index in [1.165, 1.54) is 6.07 Å². The maximum Gasteiger partial charge on any atom is 0.336 e. The molecule has 6 aromatic rings. The van der Waals surface area contributed by atoms with Crippen molar-refractivity contribution in [3.05, 3.63) is 137 Å². The third kappa shape index (κ3) is 6.74. The highest BCUT2D eigenvalue weighted by Crippen LogP contribution is 2.42. The van der Waals surface area contributed by atoms with Crippen molar-refractivity contribution in [2.24, 2.45) is 0 Å². The van der Waals surface area contributed by atoms with E-state index in [0.717, 1.165) is 17.3 Å². The van der Waals surface area contributed by atoms with Gasteiger partial charge in [-0.3, -0.25) is 4.79 Å². The number of anilines is 2. The summed E-state index contributed by atoms with van der Waals surface area (Å²) < 4.78 is 0. The number of carboxylic acid groups (broad SMARTS) is 1. The third-order valence-corrected chi connectivity index (χ3v) is 9.49.